The molecule has 0 aliphatic carbocycles. The van der Waals surface area contributed by atoms with Gasteiger partial charge in [0.1, 0.15) is 0 Å². The van der Waals surface area contributed by atoms with Crippen molar-refractivity contribution in [3.05, 3.63) is 41.5 Å². The maximum Gasteiger partial charge on any atom is 0.0991 e. The molecule has 1 atom stereocenters. The highest BCUT2D eigenvalue weighted by Gasteiger charge is 2.07. The second kappa shape index (κ2) is 5.48. The molecule has 16 heavy (non-hydrogen) atoms. The van der Waals surface area contributed by atoms with Gasteiger partial charge in [-0.2, -0.15) is 5.26 Å². The van der Waals surface area contributed by atoms with Gasteiger partial charge >= 0.3 is 0 Å². The summed E-state index contributed by atoms with van der Waals surface area (Å²) in [6.07, 6.45) is 8.19. The van der Waals surface area contributed by atoms with Crippen molar-refractivity contribution in [2.75, 3.05) is 6.54 Å². The summed E-state index contributed by atoms with van der Waals surface area (Å²) in [5.41, 5.74) is 1.87. The van der Waals surface area contributed by atoms with Crippen LogP contribution in [0, 0.1) is 11.3 Å². The Kier molecular flexibility index (Phi) is 3.74. The first kappa shape index (κ1) is 10.9. The molecule has 0 aromatic heterocycles. The van der Waals surface area contributed by atoms with E-state index < -0.39 is 0 Å². The Balaban J connectivity index is 1.97. The Morgan fingerprint density at radius 1 is 1.25 bits per heavy atom. The number of rotatable bonds is 2. The maximum absolute atomic E-state index is 8.68. The molecule has 1 aliphatic rings. The van der Waals surface area contributed by atoms with Crippen LogP contribution in [-0.4, -0.2) is 12.6 Å². The predicted octanol–water partition coefficient (Wildman–Crippen LogP) is 2.71. The minimum atomic E-state index is 0.518. The number of hydrogen-bond donors (Lipinski definition) is 1. The molecule has 2 nitrogen and oxygen atoms in total. The molecule has 1 aliphatic heterocycles. The summed E-state index contributed by atoms with van der Waals surface area (Å²) in [7, 11) is 0. The number of nitriles is 1. The predicted molar refractivity (Wildman–Crippen MR) is 65.8 cm³/mol. The average molecular weight is 212 g/mol. The Morgan fingerprint density at radius 3 is 2.69 bits per heavy atom. The Labute approximate surface area is 96.6 Å². The van der Waals surface area contributed by atoms with Gasteiger partial charge in [-0.05, 0) is 37.1 Å². The lowest BCUT2D eigenvalue weighted by atomic mass is 10.0. The van der Waals surface area contributed by atoms with Gasteiger partial charge in [-0.1, -0.05) is 30.7 Å². The van der Waals surface area contributed by atoms with E-state index in [-0.39, 0.29) is 0 Å². The van der Waals surface area contributed by atoms with Crippen LogP contribution in [0.5, 0.6) is 0 Å². The summed E-state index contributed by atoms with van der Waals surface area (Å²) in [4.78, 5) is 0. The molecule has 0 bridgehead atoms. The fourth-order valence-corrected chi connectivity index (χ4v) is 1.94. The monoisotopic (exact) mass is 212 g/mol. The van der Waals surface area contributed by atoms with E-state index in [1.807, 2.05) is 24.3 Å². The first-order chi connectivity index (χ1) is 7.88. The number of nitrogens with zero attached hydrogens (tertiary/aromatic N) is 1. The lowest BCUT2D eigenvalue weighted by Crippen LogP contribution is -2.31. The number of hydrogen-bond acceptors (Lipinski definition) is 2. The third kappa shape index (κ3) is 2.95. The van der Waals surface area contributed by atoms with Gasteiger partial charge in [0.05, 0.1) is 11.6 Å². The van der Waals surface area contributed by atoms with Gasteiger partial charge in [0.15, 0.2) is 0 Å². The Bertz CT molecular complexity index is 392. The molecular formula is C14H16N2. The van der Waals surface area contributed by atoms with E-state index in [2.05, 4.69) is 23.5 Å². The molecule has 0 spiro atoms. The van der Waals surface area contributed by atoms with E-state index in [0.717, 1.165) is 12.1 Å². The van der Waals surface area contributed by atoms with Crippen molar-refractivity contribution in [2.45, 2.75) is 25.3 Å². The normalized spacial score (nSPS) is 20.8. The molecule has 0 radical (unpaired) electrons. The van der Waals surface area contributed by atoms with Gasteiger partial charge in [-0.25, -0.2) is 0 Å². The van der Waals surface area contributed by atoms with Crippen LogP contribution < -0.4 is 5.32 Å². The number of benzene rings is 1. The summed E-state index contributed by atoms with van der Waals surface area (Å²) < 4.78 is 0. The van der Waals surface area contributed by atoms with Gasteiger partial charge in [-0.3, -0.25) is 0 Å². The average Bonchev–Trinajstić information content (AvgIpc) is 2.38. The van der Waals surface area contributed by atoms with E-state index >= 15 is 0 Å². The van der Waals surface area contributed by atoms with Gasteiger partial charge in [0.2, 0.25) is 0 Å². The van der Waals surface area contributed by atoms with Gasteiger partial charge in [-0.15, -0.1) is 0 Å². The van der Waals surface area contributed by atoms with Crippen LogP contribution in [-0.2, 0) is 0 Å². The fraction of sp³-hybridized carbons (Fsp3) is 0.357. The first-order valence-corrected chi connectivity index (χ1v) is 5.80. The van der Waals surface area contributed by atoms with Crippen molar-refractivity contribution >= 4 is 6.08 Å². The van der Waals surface area contributed by atoms with Crippen molar-refractivity contribution < 1.29 is 0 Å². The molecule has 0 amide bonds. The molecular weight excluding hydrogens is 196 g/mol. The van der Waals surface area contributed by atoms with Crippen molar-refractivity contribution in [3.63, 3.8) is 0 Å². The van der Waals surface area contributed by atoms with E-state index in [1.165, 1.54) is 19.3 Å². The highest BCUT2D eigenvalue weighted by atomic mass is 14.9. The van der Waals surface area contributed by atoms with Crippen LogP contribution in [0.1, 0.15) is 30.4 Å². The molecule has 1 saturated heterocycles. The minimum absolute atomic E-state index is 0.518. The van der Waals surface area contributed by atoms with E-state index in [0.29, 0.717) is 11.6 Å². The molecule has 1 aromatic carbocycles. The molecule has 2 rings (SSSR count). The molecule has 0 saturated carbocycles. The second-order valence-corrected chi connectivity index (χ2v) is 4.15. The van der Waals surface area contributed by atoms with Crippen molar-refractivity contribution in [2.24, 2.45) is 0 Å². The van der Waals surface area contributed by atoms with Gasteiger partial charge < -0.3 is 5.32 Å². The van der Waals surface area contributed by atoms with Crippen LogP contribution >= 0.6 is 0 Å². The van der Waals surface area contributed by atoms with Crippen LogP contribution in [0.2, 0.25) is 0 Å². The molecule has 1 fully saturated rings. The van der Waals surface area contributed by atoms with Crippen molar-refractivity contribution in [1.29, 1.82) is 5.26 Å². The summed E-state index contributed by atoms with van der Waals surface area (Å²) in [6.45, 7) is 1.13. The standard InChI is InChI=1S/C14H16N2/c15-11-13-6-4-12(5-7-13)8-9-14-3-1-2-10-16-14/h4-9,14,16H,1-3,10H2/b9-8+. The van der Waals surface area contributed by atoms with E-state index in [9.17, 15) is 0 Å². The summed E-state index contributed by atoms with van der Waals surface area (Å²) in [5, 5.41) is 12.2. The zero-order chi connectivity index (χ0) is 11.2. The highest BCUT2D eigenvalue weighted by molar-refractivity contribution is 5.51. The lowest BCUT2D eigenvalue weighted by molar-refractivity contribution is 0.455. The van der Waals surface area contributed by atoms with E-state index in [1.54, 1.807) is 0 Å². The molecule has 82 valence electrons. The first-order valence-electron chi connectivity index (χ1n) is 5.80. The van der Waals surface area contributed by atoms with Crippen molar-refractivity contribution in [1.82, 2.24) is 5.32 Å². The maximum atomic E-state index is 8.68. The molecule has 1 aromatic rings. The summed E-state index contributed by atoms with van der Waals surface area (Å²) in [5.74, 6) is 0. The highest BCUT2D eigenvalue weighted by Crippen LogP contribution is 2.11. The quantitative estimate of drug-likeness (QED) is 0.818. The Morgan fingerprint density at radius 2 is 2.06 bits per heavy atom. The second-order valence-electron chi connectivity index (χ2n) is 4.15. The van der Waals surface area contributed by atoms with Gasteiger partial charge in [0, 0.05) is 6.04 Å². The zero-order valence-corrected chi connectivity index (χ0v) is 9.32. The molecule has 2 heteroatoms. The fourth-order valence-electron chi connectivity index (χ4n) is 1.94. The van der Waals surface area contributed by atoms with E-state index in [4.69, 9.17) is 5.26 Å². The summed E-state index contributed by atoms with van der Waals surface area (Å²) >= 11 is 0. The molecule has 1 unspecified atom stereocenters. The van der Waals surface area contributed by atoms with Crippen LogP contribution in [0.15, 0.2) is 30.3 Å². The third-order valence-electron chi connectivity index (χ3n) is 2.91. The van der Waals surface area contributed by atoms with Crippen LogP contribution in [0.25, 0.3) is 6.08 Å². The summed E-state index contributed by atoms with van der Waals surface area (Å²) in [6, 6.07) is 10.3. The van der Waals surface area contributed by atoms with Crippen molar-refractivity contribution in [3.8, 4) is 6.07 Å². The van der Waals surface area contributed by atoms with Crippen LogP contribution in [0.4, 0.5) is 0 Å². The lowest BCUT2D eigenvalue weighted by Gasteiger charge is -2.19. The topological polar surface area (TPSA) is 35.8 Å². The SMILES string of the molecule is N#Cc1ccc(/C=C/C2CCCCN2)cc1. The Hall–Kier alpha value is -1.59. The third-order valence-corrected chi connectivity index (χ3v) is 2.91. The largest absolute Gasteiger partial charge is 0.311 e. The molecule has 1 heterocycles. The van der Waals surface area contributed by atoms with Gasteiger partial charge in [0.25, 0.3) is 0 Å². The minimum Gasteiger partial charge on any atom is -0.311 e. The van der Waals surface area contributed by atoms with Crippen LogP contribution in [0.3, 0.4) is 0 Å². The smallest absolute Gasteiger partial charge is 0.0991 e. The number of nitrogens with one attached hydrogen (secondary N) is 1. The zero-order valence-electron chi connectivity index (χ0n) is 9.32. The number of piperidine rings is 1. The molecule has 1 N–H and O–H groups in total.